The van der Waals surface area contributed by atoms with E-state index in [9.17, 15) is 0 Å². The third-order valence-corrected chi connectivity index (χ3v) is 3.69. The lowest BCUT2D eigenvalue weighted by atomic mass is 10.3. The van der Waals surface area contributed by atoms with Gasteiger partial charge in [0.2, 0.25) is 5.13 Å². The lowest BCUT2D eigenvalue weighted by Gasteiger charge is -2.01. The van der Waals surface area contributed by atoms with Gasteiger partial charge in [0, 0.05) is 36.9 Å². The van der Waals surface area contributed by atoms with Crippen molar-refractivity contribution < 1.29 is 5.11 Å². The van der Waals surface area contributed by atoms with Crippen molar-refractivity contribution in [3.05, 3.63) is 5.82 Å². The molecule has 0 radical (unpaired) electrons. The van der Waals surface area contributed by atoms with E-state index in [1.165, 1.54) is 11.5 Å². The van der Waals surface area contributed by atoms with Crippen molar-refractivity contribution in [2.75, 3.05) is 30.0 Å². The van der Waals surface area contributed by atoms with E-state index in [-0.39, 0.29) is 6.61 Å². The minimum atomic E-state index is 0.289. The van der Waals surface area contributed by atoms with Crippen LogP contribution in [0.4, 0.5) is 5.13 Å². The molecular weight excluding hydrogens is 242 g/mol. The number of aryl methyl sites for hydroxylation is 1. The van der Waals surface area contributed by atoms with Gasteiger partial charge >= 0.3 is 0 Å². The van der Waals surface area contributed by atoms with Gasteiger partial charge in [-0.1, -0.05) is 6.92 Å². The third-order valence-electron chi connectivity index (χ3n) is 1.91. The number of aromatic nitrogens is 2. The monoisotopic (exact) mass is 261 g/mol. The minimum absolute atomic E-state index is 0.289. The molecule has 0 saturated heterocycles. The number of hydrogen-bond acceptors (Lipinski definition) is 6. The molecule has 0 aliphatic carbocycles. The Bertz CT molecular complexity index is 281. The molecule has 0 atom stereocenters. The number of rotatable bonds is 9. The Morgan fingerprint density at radius 1 is 1.44 bits per heavy atom. The fraction of sp³-hybridized carbons (Fsp3) is 0.800. The highest BCUT2D eigenvalue weighted by Crippen LogP contribution is 2.12. The van der Waals surface area contributed by atoms with Gasteiger partial charge in [0.05, 0.1) is 0 Å². The summed E-state index contributed by atoms with van der Waals surface area (Å²) in [5.41, 5.74) is 0. The summed E-state index contributed by atoms with van der Waals surface area (Å²) in [6, 6.07) is 0. The molecule has 0 aliphatic rings. The van der Waals surface area contributed by atoms with E-state index in [1.807, 2.05) is 11.8 Å². The Labute approximate surface area is 105 Å². The average Bonchev–Trinajstić information content (AvgIpc) is 2.72. The molecule has 0 saturated carbocycles. The van der Waals surface area contributed by atoms with Crippen molar-refractivity contribution in [1.82, 2.24) is 9.36 Å². The van der Waals surface area contributed by atoms with Crippen molar-refractivity contribution in [3.8, 4) is 0 Å². The lowest BCUT2D eigenvalue weighted by Crippen LogP contribution is -2.04. The smallest absolute Gasteiger partial charge is 0.202 e. The Morgan fingerprint density at radius 3 is 3.06 bits per heavy atom. The van der Waals surface area contributed by atoms with E-state index in [0.717, 1.165) is 48.3 Å². The predicted molar refractivity (Wildman–Crippen MR) is 71.4 cm³/mol. The van der Waals surface area contributed by atoms with Crippen molar-refractivity contribution >= 4 is 28.4 Å². The van der Waals surface area contributed by atoms with Crippen LogP contribution in [-0.4, -0.2) is 39.1 Å². The number of anilines is 1. The standard InChI is InChI=1S/C10H19N3OS2/c1-2-4-9-12-10(16-13-9)11-5-8-15-7-3-6-14/h14H,2-8H2,1H3,(H,11,12,13). The predicted octanol–water partition coefficient (Wildman–Crippen LogP) is 2.02. The second-order valence-electron chi connectivity index (χ2n) is 3.38. The van der Waals surface area contributed by atoms with Crippen molar-refractivity contribution in [2.45, 2.75) is 26.2 Å². The number of aliphatic hydroxyl groups is 1. The molecule has 0 fully saturated rings. The zero-order chi connectivity index (χ0) is 11.6. The van der Waals surface area contributed by atoms with E-state index in [0.29, 0.717) is 0 Å². The summed E-state index contributed by atoms with van der Waals surface area (Å²) in [5.74, 6) is 3.01. The normalized spacial score (nSPS) is 10.6. The molecule has 1 heterocycles. The summed E-state index contributed by atoms with van der Waals surface area (Å²) >= 11 is 3.28. The maximum atomic E-state index is 8.61. The first-order valence-corrected chi connectivity index (χ1v) is 7.54. The van der Waals surface area contributed by atoms with Crippen LogP contribution in [0.3, 0.4) is 0 Å². The van der Waals surface area contributed by atoms with Gasteiger partial charge in [-0.15, -0.1) is 0 Å². The van der Waals surface area contributed by atoms with Gasteiger partial charge in [-0.25, -0.2) is 4.98 Å². The molecule has 0 spiro atoms. The summed E-state index contributed by atoms with van der Waals surface area (Å²) in [7, 11) is 0. The van der Waals surface area contributed by atoms with E-state index >= 15 is 0 Å². The summed E-state index contributed by atoms with van der Waals surface area (Å²) < 4.78 is 4.26. The highest BCUT2D eigenvalue weighted by molar-refractivity contribution is 7.99. The van der Waals surface area contributed by atoms with Gasteiger partial charge in [0.15, 0.2) is 0 Å². The zero-order valence-corrected chi connectivity index (χ0v) is 11.2. The first-order valence-electron chi connectivity index (χ1n) is 5.62. The van der Waals surface area contributed by atoms with Gasteiger partial charge in [0.1, 0.15) is 5.82 Å². The molecule has 92 valence electrons. The Balaban J connectivity index is 2.07. The molecule has 1 rings (SSSR count). The van der Waals surface area contributed by atoms with Crippen LogP contribution in [0.5, 0.6) is 0 Å². The molecule has 0 unspecified atom stereocenters. The van der Waals surface area contributed by atoms with Gasteiger partial charge in [-0.2, -0.15) is 16.1 Å². The van der Waals surface area contributed by atoms with Crippen LogP contribution in [0.15, 0.2) is 0 Å². The Morgan fingerprint density at radius 2 is 2.31 bits per heavy atom. The highest BCUT2D eigenvalue weighted by Gasteiger charge is 2.01. The Hall–Kier alpha value is -0.330. The molecule has 6 heteroatoms. The molecule has 0 aliphatic heterocycles. The second-order valence-corrected chi connectivity index (χ2v) is 5.36. The van der Waals surface area contributed by atoms with Crippen LogP contribution < -0.4 is 5.32 Å². The maximum Gasteiger partial charge on any atom is 0.202 e. The topological polar surface area (TPSA) is 58.0 Å². The van der Waals surface area contributed by atoms with Gasteiger partial charge in [0.25, 0.3) is 0 Å². The average molecular weight is 261 g/mol. The first kappa shape index (κ1) is 13.7. The van der Waals surface area contributed by atoms with E-state index in [2.05, 4.69) is 21.6 Å². The summed E-state index contributed by atoms with van der Waals surface area (Å²) in [6.45, 7) is 3.33. The molecule has 0 bridgehead atoms. The van der Waals surface area contributed by atoms with Gasteiger partial charge in [-0.3, -0.25) is 0 Å². The number of nitrogens with zero attached hydrogens (tertiary/aromatic N) is 2. The van der Waals surface area contributed by atoms with Gasteiger partial charge in [-0.05, 0) is 18.6 Å². The summed E-state index contributed by atoms with van der Waals surface area (Å²) in [6.07, 6.45) is 2.93. The quantitative estimate of drug-likeness (QED) is 0.666. The molecule has 4 nitrogen and oxygen atoms in total. The van der Waals surface area contributed by atoms with Crippen LogP contribution in [0.2, 0.25) is 0 Å². The van der Waals surface area contributed by atoms with Crippen molar-refractivity contribution in [1.29, 1.82) is 0 Å². The SMILES string of the molecule is CCCc1nsc(NCCSCCCO)n1. The van der Waals surface area contributed by atoms with Crippen LogP contribution in [0.1, 0.15) is 25.6 Å². The third kappa shape index (κ3) is 5.67. The Kier molecular flexibility index (Phi) is 7.54. The van der Waals surface area contributed by atoms with Crippen LogP contribution in [-0.2, 0) is 6.42 Å². The summed E-state index contributed by atoms with van der Waals surface area (Å²) in [4.78, 5) is 4.38. The van der Waals surface area contributed by atoms with Crippen molar-refractivity contribution in [3.63, 3.8) is 0 Å². The van der Waals surface area contributed by atoms with Crippen LogP contribution in [0, 0.1) is 0 Å². The lowest BCUT2D eigenvalue weighted by molar-refractivity contribution is 0.296. The second kappa shape index (κ2) is 8.78. The zero-order valence-electron chi connectivity index (χ0n) is 9.61. The fourth-order valence-corrected chi connectivity index (χ4v) is 2.57. The maximum absolute atomic E-state index is 8.61. The van der Waals surface area contributed by atoms with E-state index in [1.54, 1.807) is 0 Å². The van der Waals surface area contributed by atoms with Crippen LogP contribution in [0.25, 0.3) is 0 Å². The molecule has 16 heavy (non-hydrogen) atoms. The fourth-order valence-electron chi connectivity index (χ4n) is 1.15. The number of nitrogens with one attached hydrogen (secondary N) is 1. The molecule has 0 aromatic carbocycles. The number of thioether (sulfide) groups is 1. The molecule has 1 aromatic heterocycles. The van der Waals surface area contributed by atoms with Gasteiger partial charge < -0.3 is 10.4 Å². The largest absolute Gasteiger partial charge is 0.396 e. The van der Waals surface area contributed by atoms with Crippen molar-refractivity contribution in [2.24, 2.45) is 0 Å². The number of hydrogen-bond donors (Lipinski definition) is 2. The molecule has 2 N–H and O–H groups in total. The van der Waals surface area contributed by atoms with E-state index in [4.69, 9.17) is 5.11 Å². The minimum Gasteiger partial charge on any atom is -0.396 e. The first-order chi connectivity index (χ1) is 7.86. The van der Waals surface area contributed by atoms with E-state index < -0.39 is 0 Å². The molecular formula is C10H19N3OS2. The molecule has 0 amide bonds. The van der Waals surface area contributed by atoms with Crippen LogP contribution >= 0.6 is 23.3 Å². The molecule has 1 aromatic rings. The summed E-state index contributed by atoms with van der Waals surface area (Å²) in [5, 5.41) is 12.8. The number of aliphatic hydroxyl groups excluding tert-OH is 1. The highest BCUT2D eigenvalue weighted by atomic mass is 32.2.